The number of nitrogens with one attached hydrogen (secondary N) is 1. The zero-order chi connectivity index (χ0) is 21.1. The van der Waals surface area contributed by atoms with Gasteiger partial charge in [-0.15, -0.1) is 11.3 Å². The van der Waals surface area contributed by atoms with Crippen LogP contribution in [0.5, 0.6) is 0 Å². The Balaban J connectivity index is 1.50. The first kappa shape index (κ1) is 21.0. The van der Waals surface area contributed by atoms with Gasteiger partial charge in [0.2, 0.25) is 10.0 Å². The van der Waals surface area contributed by atoms with Gasteiger partial charge in [0, 0.05) is 34.6 Å². The molecule has 0 aliphatic carbocycles. The van der Waals surface area contributed by atoms with Crippen LogP contribution in [0.15, 0.2) is 58.8 Å². The van der Waals surface area contributed by atoms with Crippen molar-refractivity contribution in [2.24, 2.45) is 0 Å². The Morgan fingerprint density at radius 1 is 1.07 bits per heavy atom. The summed E-state index contributed by atoms with van der Waals surface area (Å²) in [5, 5.41) is 5.68. The van der Waals surface area contributed by atoms with E-state index in [4.69, 9.17) is 11.6 Å². The Morgan fingerprint density at radius 2 is 1.80 bits per heavy atom. The summed E-state index contributed by atoms with van der Waals surface area (Å²) in [6, 6.07) is 13.4. The van der Waals surface area contributed by atoms with E-state index in [0.29, 0.717) is 23.2 Å². The number of aromatic nitrogens is 1. The first-order valence-electron chi connectivity index (χ1n) is 9.56. The molecule has 0 radical (unpaired) electrons. The van der Waals surface area contributed by atoms with Gasteiger partial charge in [-0.3, -0.25) is 10.1 Å². The molecule has 156 valence electrons. The number of amides is 1. The van der Waals surface area contributed by atoms with E-state index in [9.17, 15) is 13.2 Å². The molecule has 0 spiro atoms. The van der Waals surface area contributed by atoms with Gasteiger partial charge in [0.15, 0.2) is 5.13 Å². The molecule has 2 aromatic carbocycles. The van der Waals surface area contributed by atoms with Crippen molar-refractivity contribution in [2.45, 2.75) is 24.2 Å². The molecule has 0 unspecified atom stereocenters. The standard InChI is InChI=1S/C21H20ClN3O3S2/c22-17-9-7-15(8-10-17)19-14-29-21(23-19)24-20(26)16-5-4-6-18(13-16)30(27,28)25-11-2-1-3-12-25/h4-10,13-14H,1-3,11-12H2,(H,23,24,26). The van der Waals surface area contributed by atoms with Crippen LogP contribution in [-0.4, -0.2) is 36.7 Å². The first-order valence-corrected chi connectivity index (χ1v) is 12.3. The maximum Gasteiger partial charge on any atom is 0.257 e. The summed E-state index contributed by atoms with van der Waals surface area (Å²) in [4.78, 5) is 17.3. The second kappa shape index (κ2) is 8.85. The number of thiazole rings is 1. The number of piperidine rings is 1. The van der Waals surface area contributed by atoms with E-state index in [2.05, 4.69) is 10.3 Å². The number of nitrogens with zero attached hydrogens (tertiary/aromatic N) is 2. The molecule has 6 nitrogen and oxygen atoms in total. The summed E-state index contributed by atoms with van der Waals surface area (Å²) in [6.07, 6.45) is 2.76. The van der Waals surface area contributed by atoms with Gasteiger partial charge in [-0.2, -0.15) is 4.31 Å². The van der Waals surface area contributed by atoms with Crippen molar-refractivity contribution < 1.29 is 13.2 Å². The van der Waals surface area contributed by atoms with Crippen molar-refractivity contribution in [3.8, 4) is 11.3 Å². The number of benzene rings is 2. The molecule has 2 heterocycles. The van der Waals surface area contributed by atoms with Gasteiger partial charge in [0.25, 0.3) is 5.91 Å². The Labute approximate surface area is 184 Å². The molecule has 4 rings (SSSR count). The number of rotatable bonds is 5. The summed E-state index contributed by atoms with van der Waals surface area (Å²) >= 11 is 7.22. The van der Waals surface area contributed by atoms with Crippen molar-refractivity contribution in [1.82, 2.24) is 9.29 Å². The summed E-state index contributed by atoms with van der Waals surface area (Å²) in [5.74, 6) is -0.400. The molecule has 0 atom stereocenters. The van der Waals surface area contributed by atoms with Gasteiger partial charge in [0.1, 0.15) is 0 Å². The number of carbonyl (C=O) groups is 1. The molecule has 0 bridgehead atoms. The highest BCUT2D eigenvalue weighted by molar-refractivity contribution is 7.89. The van der Waals surface area contributed by atoms with Crippen molar-refractivity contribution in [1.29, 1.82) is 0 Å². The molecular formula is C21H20ClN3O3S2. The first-order chi connectivity index (χ1) is 14.4. The third kappa shape index (κ3) is 4.57. The van der Waals surface area contributed by atoms with Gasteiger partial charge in [-0.25, -0.2) is 13.4 Å². The molecule has 3 aromatic rings. The fourth-order valence-corrected chi connectivity index (χ4v) is 5.71. The molecule has 1 aliphatic rings. The van der Waals surface area contributed by atoms with Crippen LogP contribution < -0.4 is 5.32 Å². The largest absolute Gasteiger partial charge is 0.298 e. The van der Waals surface area contributed by atoms with E-state index in [1.54, 1.807) is 24.3 Å². The maximum atomic E-state index is 12.9. The third-order valence-electron chi connectivity index (χ3n) is 4.91. The predicted molar refractivity (Wildman–Crippen MR) is 120 cm³/mol. The second-order valence-corrected chi connectivity index (χ2v) is 10.2. The van der Waals surface area contributed by atoms with Crippen molar-refractivity contribution >= 4 is 44.0 Å². The highest BCUT2D eigenvalue weighted by atomic mass is 35.5. The quantitative estimate of drug-likeness (QED) is 0.586. The Bertz CT molecular complexity index is 1150. The lowest BCUT2D eigenvalue weighted by atomic mass is 10.2. The lowest BCUT2D eigenvalue weighted by Crippen LogP contribution is -2.35. The summed E-state index contributed by atoms with van der Waals surface area (Å²) in [5.41, 5.74) is 1.90. The maximum absolute atomic E-state index is 12.9. The van der Waals surface area contributed by atoms with Crippen LogP contribution >= 0.6 is 22.9 Å². The fourth-order valence-electron chi connectivity index (χ4n) is 3.31. The van der Waals surface area contributed by atoms with Gasteiger partial charge >= 0.3 is 0 Å². The number of hydrogen-bond donors (Lipinski definition) is 1. The van der Waals surface area contributed by atoms with Crippen LogP contribution in [0.25, 0.3) is 11.3 Å². The molecule has 30 heavy (non-hydrogen) atoms. The monoisotopic (exact) mass is 461 g/mol. The van der Waals surface area contributed by atoms with Gasteiger partial charge < -0.3 is 0 Å². The molecule has 0 saturated carbocycles. The van der Waals surface area contributed by atoms with E-state index in [0.717, 1.165) is 30.5 Å². The van der Waals surface area contributed by atoms with Crippen LogP contribution in [0.3, 0.4) is 0 Å². The summed E-state index contributed by atoms with van der Waals surface area (Å²) in [7, 11) is -3.60. The summed E-state index contributed by atoms with van der Waals surface area (Å²) < 4.78 is 27.3. The number of sulfonamides is 1. The van der Waals surface area contributed by atoms with Crippen LogP contribution in [0, 0.1) is 0 Å². The highest BCUT2D eigenvalue weighted by Crippen LogP contribution is 2.27. The topological polar surface area (TPSA) is 79.4 Å². The third-order valence-corrected chi connectivity index (χ3v) is 7.82. The normalized spacial score (nSPS) is 15.1. The minimum atomic E-state index is -3.60. The number of halogens is 1. The highest BCUT2D eigenvalue weighted by Gasteiger charge is 2.26. The van der Waals surface area contributed by atoms with E-state index in [1.165, 1.54) is 27.8 Å². The average molecular weight is 462 g/mol. The number of carbonyl (C=O) groups excluding carboxylic acids is 1. The zero-order valence-corrected chi connectivity index (χ0v) is 18.4. The molecule has 1 saturated heterocycles. The zero-order valence-electron chi connectivity index (χ0n) is 16.0. The molecule has 1 fully saturated rings. The molecule has 1 N–H and O–H groups in total. The van der Waals surface area contributed by atoms with E-state index >= 15 is 0 Å². The Kier molecular flexibility index (Phi) is 6.19. The van der Waals surface area contributed by atoms with Crippen molar-refractivity contribution in [2.75, 3.05) is 18.4 Å². The number of hydrogen-bond acceptors (Lipinski definition) is 5. The fraction of sp³-hybridized carbons (Fsp3) is 0.238. The van der Waals surface area contributed by atoms with Crippen LogP contribution in [0.1, 0.15) is 29.6 Å². The van der Waals surface area contributed by atoms with Crippen LogP contribution in [-0.2, 0) is 10.0 Å². The molecule has 9 heteroatoms. The minimum absolute atomic E-state index is 0.137. The second-order valence-electron chi connectivity index (χ2n) is 6.99. The predicted octanol–water partition coefficient (Wildman–Crippen LogP) is 4.89. The van der Waals surface area contributed by atoms with E-state index in [1.807, 2.05) is 17.5 Å². The van der Waals surface area contributed by atoms with Gasteiger partial charge in [0.05, 0.1) is 10.6 Å². The van der Waals surface area contributed by atoms with E-state index in [-0.39, 0.29) is 10.5 Å². The van der Waals surface area contributed by atoms with Crippen molar-refractivity contribution in [3.63, 3.8) is 0 Å². The molecule has 1 aromatic heterocycles. The Hall–Kier alpha value is -2.26. The number of anilines is 1. The van der Waals surface area contributed by atoms with Gasteiger partial charge in [-0.1, -0.05) is 36.2 Å². The van der Waals surface area contributed by atoms with Gasteiger partial charge in [-0.05, 0) is 43.2 Å². The van der Waals surface area contributed by atoms with Crippen molar-refractivity contribution in [3.05, 3.63) is 64.5 Å². The lowest BCUT2D eigenvalue weighted by molar-refractivity contribution is 0.102. The average Bonchev–Trinajstić information content (AvgIpc) is 3.23. The Morgan fingerprint density at radius 3 is 2.53 bits per heavy atom. The smallest absolute Gasteiger partial charge is 0.257 e. The molecule has 1 amide bonds. The molecule has 1 aliphatic heterocycles. The van der Waals surface area contributed by atoms with Crippen LogP contribution in [0.2, 0.25) is 5.02 Å². The van der Waals surface area contributed by atoms with E-state index < -0.39 is 15.9 Å². The van der Waals surface area contributed by atoms with Crippen LogP contribution in [0.4, 0.5) is 5.13 Å². The molecular weight excluding hydrogens is 442 g/mol. The SMILES string of the molecule is O=C(Nc1nc(-c2ccc(Cl)cc2)cs1)c1cccc(S(=O)(=O)N2CCCCC2)c1. The minimum Gasteiger partial charge on any atom is -0.298 e. The summed E-state index contributed by atoms with van der Waals surface area (Å²) in [6.45, 7) is 1.04. The lowest BCUT2D eigenvalue weighted by Gasteiger charge is -2.26.